The summed E-state index contributed by atoms with van der Waals surface area (Å²) in [6.45, 7) is 1.75. The van der Waals surface area contributed by atoms with Gasteiger partial charge in [-0.1, -0.05) is 12.1 Å². The summed E-state index contributed by atoms with van der Waals surface area (Å²) in [7, 11) is 1.47. The van der Waals surface area contributed by atoms with Crippen LogP contribution >= 0.6 is 11.3 Å². The van der Waals surface area contributed by atoms with E-state index in [4.69, 9.17) is 4.74 Å². The molecule has 1 unspecified atom stereocenters. The number of carbonyl (C=O) groups is 2. The van der Waals surface area contributed by atoms with Gasteiger partial charge in [0.1, 0.15) is 16.4 Å². The van der Waals surface area contributed by atoms with E-state index in [1.54, 1.807) is 6.07 Å². The first kappa shape index (κ1) is 17.0. The number of halogens is 1. The largest absolute Gasteiger partial charge is 0.495 e. The third-order valence-corrected chi connectivity index (χ3v) is 4.32. The molecular weight excluding hydrogens is 321 g/mol. The van der Waals surface area contributed by atoms with E-state index in [0.29, 0.717) is 16.2 Å². The summed E-state index contributed by atoms with van der Waals surface area (Å²) in [4.78, 5) is 24.9. The van der Waals surface area contributed by atoms with Crippen molar-refractivity contribution in [3.05, 3.63) is 51.5 Å². The normalized spacial score (nSPS) is 11.8. The Kier molecular flexibility index (Phi) is 5.33. The van der Waals surface area contributed by atoms with Gasteiger partial charge in [-0.2, -0.15) is 0 Å². The monoisotopic (exact) mass is 337 g/mol. The van der Waals surface area contributed by atoms with Crippen molar-refractivity contribution < 1.29 is 23.8 Å². The summed E-state index contributed by atoms with van der Waals surface area (Å²) in [6.07, 6.45) is 0. The number of amides is 1. The summed E-state index contributed by atoms with van der Waals surface area (Å²) in [6, 6.07) is 6.93. The fourth-order valence-corrected chi connectivity index (χ4v) is 3.01. The lowest BCUT2D eigenvalue weighted by Crippen LogP contribution is -2.31. The van der Waals surface area contributed by atoms with Crippen LogP contribution in [-0.2, 0) is 4.79 Å². The maximum absolute atomic E-state index is 12.9. The molecule has 23 heavy (non-hydrogen) atoms. The van der Waals surface area contributed by atoms with Gasteiger partial charge in [0.25, 0.3) is 5.91 Å². The van der Waals surface area contributed by atoms with Crippen molar-refractivity contribution in [2.75, 3.05) is 13.7 Å². The summed E-state index contributed by atoms with van der Waals surface area (Å²) < 4.78 is 18.1. The highest BCUT2D eigenvalue weighted by molar-refractivity contribution is 7.14. The highest BCUT2D eigenvalue weighted by atomic mass is 32.1. The molecule has 5 nitrogen and oxygen atoms in total. The zero-order valence-electron chi connectivity index (χ0n) is 12.6. The molecule has 0 fully saturated rings. The van der Waals surface area contributed by atoms with E-state index in [1.165, 1.54) is 42.7 Å². The number of aliphatic carboxylic acids is 1. The van der Waals surface area contributed by atoms with Crippen LogP contribution in [0.5, 0.6) is 5.75 Å². The second kappa shape index (κ2) is 7.23. The lowest BCUT2D eigenvalue weighted by atomic mass is 9.99. The van der Waals surface area contributed by atoms with Crippen molar-refractivity contribution in [3.63, 3.8) is 0 Å². The standard InChI is InChI=1S/C16H16FNO4S/c1-9-7-13(22-2)14(23-9)15(19)18-8-12(16(20)21)10-3-5-11(17)6-4-10/h3-7,12H,8H2,1-2H3,(H,18,19)(H,20,21). The van der Waals surface area contributed by atoms with Gasteiger partial charge in [-0.3, -0.25) is 9.59 Å². The summed E-state index contributed by atoms with van der Waals surface area (Å²) in [5, 5.41) is 11.9. The van der Waals surface area contributed by atoms with Gasteiger partial charge < -0.3 is 15.2 Å². The molecule has 1 heterocycles. The molecule has 2 N–H and O–H groups in total. The molecule has 1 aromatic heterocycles. The molecule has 2 rings (SSSR count). The van der Waals surface area contributed by atoms with E-state index >= 15 is 0 Å². The van der Waals surface area contributed by atoms with Crippen LogP contribution in [0.4, 0.5) is 4.39 Å². The molecule has 0 aliphatic heterocycles. The lowest BCUT2D eigenvalue weighted by Gasteiger charge is -2.14. The molecular formula is C16H16FNO4S. The molecule has 122 valence electrons. The van der Waals surface area contributed by atoms with Gasteiger partial charge in [-0.25, -0.2) is 4.39 Å². The van der Waals surface area contributed by atoms with Crippen LogP contribution in [0.1, 0.15) is 26.0 Å². The fraction of sp³-hybridized carbons (Fsp3) is 0.250. The molecule has 7 heteroatoms. The first-order chi connectivity index (χ1) is 10.9. The number of carbonyl (C=O) groups excluding carboxylic acids is 1. The second-order valence-electron chi connectivity index (χ2n) is 4.91. The van der Waals surface area contributed by atoms with Crippen LogP contribution in [0, 0.1) is 12.7 Å². The molecule has 0 aliphatic rings. The number of hydrogen-bond donors (Lipinski definition) is 2. The van der Waals surface area contributed by atoms with E-state index in [2.05, 4.69) is 5.32 Å². The number of methoxy groups -OCH3 is 1. The van der Waals surface area contributed by atoms with Crippen LogP contribution in [-0.4, -0.2) is 30.6 Å². The summed E-state index contributed by atoms with van der Waals surface area (Å²) in [5.74, 6) is -2.43. The van der Waals surface area contributed by atoms with Crippen LogP contribution in [0.15, 0.2) is 30.3 Å². The second-order valence-corrected chi connectivity index (χ2v) is 6.16. The summed E-state index contributed by atoms with van der Waals surface area (Å²) >= 11 is 1.27. The zero-order valence-corrected chi connectivity index (χ0v) is 13.4. The number of carboxylic acids is 1. The Hall–Kier alpha value is -2.41. The zero-order chi connectivity index (χ0) is 17.0. The maximum Gasteiger partial charge on any atom is 0.312 e. The van der Waals surface area contributed by atoms with E-state index in [0.717, 1.165) is 4.88 Å². The third-order valence-electron chi connectivity index (χ3n) is 3.28. The number of carboxylic acid groups (broad SMARTS) is 1. The number of ether oxygens (including phenoxy) is 1. The number of benzene rings is 1. The Morgan fingerprint density at radius 2 is 2.00 bits per heavy atom. The Labute approximate surface area is 136 Å². The number of hydrogen-bond acceptors (Lipinski definition) is 4. The van der Waals surface area contributed by atoms with Gasteiger partial charge in [0.15, 0.2) is 0 Å². The first-order valence-corrected chi connectivity index (χ1v) is 7.65. The van der Waals surface area contributed by atoms with Crippen LogP contribution < -0.4 is 10.1 Å². The predicted octanol–water partition coefficient (Wildman–Crippen LogP) is 2.80. The molecule has 1 amide bonds. The highest BCUT2D eigenvalue weighted by Gasteiger charge is 2.22. The molecule has 0 aliphatic carbocycles. The molecule has 1 atom stereocenters. The van der Waals surface area contributed by atoms with E-state index < -0.39 is 23.6 Å². The minimum absolute atomic E-state index is 0.0973. The lowest BCUT2D eigenvalue weighted by molar-refractivity contribution is -0.138. The molecule has 1 aromatic carbocycles. The molecule has 0 bridgehead atoms. The number of thiophene rings is 1. The number of rotatable bonds is 6. The Morgan fingerprint density at radius 3 is 2.57 bits per heavy atom. The first-order valence-electron chi connectivity index (χ1n) is 6.83. The SMILES string of the molecule is COc1cc(C)sc1C(=O)NCC(C(=O)O)c1ccc(F)cc1. The Balaban J connectivity index is 2.11. The Bertz CT molecular complexity index is 711. The molecule has 2 aromatic rings. The third kappa shape index (κ3) is 4.07. The van der Waals surface area contributed by atoms with Crippen molar-refractivity contribution in [1.82, 2.24) is 5.32 Å². The molecule has 0 saturated heterocycles. The predicted molar refractivity (Wildman–Crippen MR) is 84.7 cm³/mol. The van der Waals surface area contributed by atoms with Crippen molar-refractivity contribution in [2.24, 2.45) is 0 Å². The van der Waals surface area contributed by atoms with Crippen LogP contribution in [0.25, 0.3) is 0 Å². The van der Waals surface area contributed by atoms with E-state index in [9.17, 15) is 19.1 Å². The van der Waals surface area contributed by atoms with Crippen molar-refractivity contribution in [1.29, 1.82) is 0 Å². The topological polar surface area (TPSA) is 75.6 Å². The quantitative estimate of drug-likeness (QED) is 0.850. The smallest absolute Gasteiger partial charge is 0.312 e. The number of aryl methyl sites for hydroxylation is 1. The van der Waals surface area contributed by atoms with Crippen molar-refractivity contribution in [3.8, 4) is 5.75 Å². The van der Waals surface area contributed by atoms with Crippen molar-refractivity contribution >= 4 is 23.2 Å². The van der Waals surface area contributed by atoms with Gasteiger partial charge in [-0.05, 0) is 30.7 Å². The Morgan fingerprint density at radius 1 is 1.35 bits per heavy atom. The minimum Gasteiger partial charge on any atom is -0.495 e. The molecule has 0 radical (unpaired) electrons. The minimum atomic E-state index is -1.09. The van der Waals surface area contributed by atoms with Gasteiger partial charge in [0, 0.05) is 11.4 Å². The fourth-order valence-electron chi connectivity index (χ4n) is 2.12. The summed E-state index contributed by atoms with van der Waals surface area (Å²) in [5.41, 5.74) is 0.425. The highest BCUT2D eigenvalue weighted by Crippen LogP contribution is 2.28. The average molecular weight is 337 g/mol. The van der Waals surface area contributed by atoms with Crippen molar-refractivity contribution in [2.45, 2.75) is 12.8 Å². The van der Waals surface area contributed by atoms with Gasteiger partial charge in [-0.15, -0.1) is 11.3 Å². The molecule has 0 spiro atoms. The van der Waals surface area contributed by atoms with E-state index in [-0.39, 0.29) is 6.54 Å². The van der Waals surface area contributed by atoms with Gasteiger partial charge >= 0.3 is 5.97 Å². The van der Waals surface area contributed by atoms with Crippen LogP contribution in [0.3, 0.4) is 0 Å². The molecule has 0 saturated carbocycles. The van der Waals surface area contributed by atoms with Gasteiger partial charge in [0.05, 0.1) is 13.0 Å². The maximum atomic E-state index is 12.9. The average Bonchev–Trinajstić information content (AvgIpc) is 2.90. The van der Waals surface area contributed by atoms with Crippen LogP contribution in [0.2, 0.25) is 0 Å². The van der Waals surface area contributed by atoms with E-state index in [1.807, 2.05) is 6.92 Å². The van der Waals surface area contributed by atoms with Gasteiger partial charge in [0.2, 0.25) is 0 Å². The number of nitrogens with one attached hydrogen (secondary N) is 1.